The summed E-state index contributed by atoms with van der Waals surface area (Å²) in [5.74, 6) is 1.15. The molecule has 0 radical (unpaired) electrons. The maximum absolute atomic E-state index is 12.3. The van der Waals surface area contributed by atoms with Crippen LogP contribution < -0.4 is 5.32 Å². The Bertz CT molecular complexity index is 600. The van der Waals surface area contributed by atoms with E-state index in [1.165, 1.54) is 0 Å². The van der Waals surface area contributed by atoms with Crippen LogP contribution in [0.1, 0.15) is 52.9 Å². The molecule has 0 aliphatic carbocycles. The van der Waals surface area contributed by atoms with E-state index < -0.39 is 0 Å². The third-order valence-corrected chi connectivity index (χ3v) is 2.96. The number of aromatic amines is 1. The van der Waals surface area contributed by atoms with E-state index in [2.05, 4.69) is 25.3 Å². The van der Waals surface area contributed by atoms with Crippen LogP contribution in [-0.4, -0.2) is 25.8 Å². The lowest BCUT2D eigenvalue weighted by atomic mass is 10.2. The molecule has 0 unspecified atom stereocenters. The Labute approximate surface area is 118 Å². The Morgan fingerprint density at radius 2 is 2.10 bits per heavy atom. The van der Waals surface area contributed by atoms with Gasteiger partial charge in [-0.2, -0.15) is 0 Å². The largest absolute Gasteiger partial charge is 0.344 e. The molecule has 1 atom stereocenters. The lowest BCUT2D eigenvalue weighted by Crippen LogP contribution is -2.30. The van der Waals surface area contributed by atoms with Crippen LogP contribution in [0.25, 0.3) is 0 Å². The third kappa shape index (κ3) is 3.20. The number of hydrogen-bond acceptors (Lipinski definition) is 4. The minimum absolute atomic E-state index is 0.147. The molecule has 0 aliphatic heterocycles. The van der Waals surface area contributed by atoms with Crippen molar-refractivity contribution in [1.82, 2.24) is 25.3 Å². The van der Waals surface area contributed by atoms with Gasteiger partial charge in [0.05, 0.1) is 6.04 Å². The van der Waals surface area contributed by atoms with Crippen LogP contribution in [0.5, 0.6) is 0 Å². The van der Waals surface area contributed by atoms with Crippen LogP contribution in [0.4, 0.5) is 0 Å². The van der Waals surface area contributed by atoms with Gasteiger partial charge in [-0.3, -0.25) is 4.79 Å². The van der Waals surface area contributed by atoms with E-state index in [4.69, 9.17) is 0 Å². The highest BCUT2D eigenvalue weighted by atomic mass is 16.1. The van der Waals surface area contributed by atoms with Crippen molar-refractivity contribution in [2.45, 2.75) is 40.2 Å². The molecular weight excluding hydrogens is 254 g/mol. The highest BCUT2D eigenvalue weighted by Gasteiger charge is 2.17. The van der Waals surface area contributed by atoms with Gasteiger partial charge in [-0.05, 0) is 33.3 Å². The quantitative estimate of drug-likeness (QED) is 0.892. The summed E-state index contributed by atoms with van der Waals surface area (Å²) in [7, 11) is 0. The summed E-state index contributed by atoms with van der Waals surface area (Å²) >= 11 is 0. The van der Waals surface area contributed by atoms with Crippen molar-refractivity contribution in [3.8, 4) is 0 Å². The van der Waals surface area contributed by atoms with Crippen molar-refractivity contribution in [3.63, 3.8) is 0 Å². The number of amides is 1. The van der Waals surface area contributed by atoms with Gasteiger partial charge in [0.2, 0.25) is 0 Å². The molecule has 0 spiro atoms. The molecule has 0 saturated carbocycles. The van der Waals surface area contributed by atoms with Gasteiger partial charge in [-0.25, -0.2) is 15.0 Å². The Morgan fingerprint density at radius 1 is 1.35 bits per heavy atom. The molecule has 0 aliphatic rings. The minimum Gasteiger partial charge on any atom is -0.344 e. The van der Waals surface area contributed by atoms with E-state index in [1.54, 1.807) is 19.2 Å². The number of carbonyl (C=O) groups is 1. The molecule has 20 heavy (non-hydrogen) atoms. The van der Waals surface area contributed by atoms with E-state index in [0.717, 1.165) is 23.6 Å². The van der Waals surface area contributed by atoms with Crippen molar-refractivity contribution in [1.29, 1.82) is 0 Å². The maximum Gasteiger partial charge on any atom is 0.270 e. The predicted molar refractivity (Wildman–Crippen MR) is 75.3 cm³/mol. The zero-order chi connectivity index (χ0) is 14.7. The fraction of sp³-hybridized carbons (Fsp3) is 0.429. The van der Waals surface area contributed by atoms with Gasteiger partial charge in [0.25, 0.3) is 5.91 Å². The third-order valence-electron chi connectivity index (χ3n) is 2.96. The summed E-state index contributed by atoms with van der Waals surface area (Å²) in [5, 5.41) is 2.94. The van der Waals surface area contributed by atoms with Crippen LogP contribution >= 0.6 is 0 Å². The van der Waals surface area contributed by atoms with E-state index >= 15 is 0 Å². The van der Waals surface area contributed by atoms with Crippen LogP contribution in [0, 0.1) is 20.8 Å². The van der Waals surface area contributed by atoms with E-state index in [9.17, 15) is 4.79 Å². The number of H-pyrrole nitrogens is 1. The number of rotatable bonds is 4. The summed E-state index contributed by atoms with van der Waals surface area (Å²) in [6.07, 6.45) is 2.50. The second kappa shape index (κ2) is 5.81. The number of aryl methyl sites for hydroxylation is 3. The first-order chi connectivity index (χ1) is 9.49. The second-order valence-electron chi connectivity index (χ2n) is 4.83. The summed E-state index contributed by atoms with van der Waals surface area (Å²) in [6.45, 7) is 7.55. The first-order valence-electron chi connectivity index (χ1n) is 6.64. The van der Waals surface area contributed by atoms with Crippen molar-refractivity contribution >= 4 is 5.91 Å². The Balaban J connectivity index is 2.17. The Hall–Kier alpha value is -2.24. The normalized spacial score (nSPS) is 12.2. The number of carbonyl (C=O) groups excluding carboxylic acids is 1. The van der Waals surface area contributed by atoms with E-state index in [-0.39, 0.29) is 11.9 Å². The highest BCUT2D eigenvalue weighted by molar-refractivity contribution is 5.92. The number of aromatic nitrogens is 4. The average molecular weight is 273 g/mol. The topological polar surface area (TPSA) is 83.6 Å². The second-order valence-corrected chi connectivity index (χ2v) is 4.83. The SMILES string of the molecule is CC[C@@H](NC(=O)c1cc(C)nc(C)n1)c1ncc(C)[nH]1. The zero-order valence-electron chi connectivity index (χ0n) is 12.2. The number of imidazole rings is 1. The summed E-state index contributed by atoms with van der Waals surface area (Å²) in [5.41, 5.74) is 2.14. The molecule has 6 heteroatoms. The number of hydrogen-bond donors (Lipinski definition) is 2. The molecule has 1 amide bonds. The zero-order valence-corrected chi connectivity index (χ0v) is 12.2. The van der Waals surface area contributed by atoms with Gasteiger partial charge in [-0.1, -0.05) is 6.92 Å². The molecular formula is C14H19N5O. The Morgan fingerprint density at radius 3 is 2.65 bits per heavy atom. The van der Waals surface area contributed by atoms with E-state index in [1.807, 2.05) is 20.8 Å². The lowest BCUT2D eigenvalue weighted by molar-refractivity contribution is 0.0928. The first kappa shape index (κ1) is 14.2. The monoisotopic (exact) mass is 273 g/mol. The minimum atomic E-state index is -0.209. The number of nitrogens with one attached hydrogen (secondary N) is 2. The molecule has 2 heterocycles. The van der Waals surface area contributed by atoms with Gasteiger partial charge in [-0.15, -0.1) is 0 Å². The molecule has 6 nitrogen and oxygen atoms in total. The summed E-state index contributed by atoms with van der Waals surface area (Å²) in [6, 6.07) is 1.54. The van der Waals surface area contributed by atoms with Crippen LogP contribution in [0.15, 0.2) is 12.3 Å². The lowest BCUT2D eigenvalue weighted by Gasteiger charge is -2.14. The van der Waals surface area contributed by atoms with Gasteiger partial charge < -0.3 is 10.3 Å². The van der Waals surface area contributed by atoms with Gasteiger partial charge in [0, 0.05) is 17.6 Å². The smallest absolute Gasteiger partial charge is 0.270 e. The molecule has 2 aromatic rings. The fourth-order valence-corrected chi connectivity index (χ4v) is 2.04. The van der Waals surface area contributed by atoms with Crippen molar-refractivity contribution in [2.75, 3.05) is 0 Å². The van der Waals surface area contributed by atoms with Gasteiger partial charge in [0.1, 0.15) is 17.3 Å². The van der Waals surface area contributed by atoms with Crippen molar-refractivity contribution in [3.05, 3.63) is 41.0 Å². The van der Waals surface area contributed by atoms with Gasteiger partial charge >= 0.3 is 0 Å². The van der Waals surface area contributed by atoms with Crippen LogP contribution in [0.2, 0.25) is 0 Å². The standard InChI is InChI=1S/C14H19N5O/c1-5-11(13-15-7-9(3)17-13)19-14(20)12-6-8(2)16-10(4)18-12/h6-7,11H,5H2,1-4H3,(H,15,17)(H,19,20)/t11-/m1/s1. The first-order valence-corrected chi connectivity index (χ1v) is 6.64. The highest BCUT2D eigenvalue weighted by Crippen LogP contribution is 2.13. The van der Waals surface area contributed by atoms with Crippen LogP contribution in [0.3, 0.4) is 0 Å². The maximum atomic E-state index is 12.3. The molecule has 0 bridgehead atoms. The van der Waals surface area contributed by atoms with Gasteiger partial charge in [0.15, 0.2) is 0 Å². The number of nitrogens with zero attached hydrogens (tertiary/aromatic N) is 3. The molecule has 0 saturated heterocycles. The predicted octanol–water partition coefficient (Wildman–Crippen LogP) is 2.01. The van der Waals surface area contributed by atoms with Crippen molar-refractivity contribution < 1.29 is 4.79 Å². The molecule has 0 aromatic carbocycles. The fourth-order valence-electron chi connectivity index (χ4n) is 2.04. The molecule has 2 N–H and O–H groups in total. The van der Waals surface area contributed by atoms with Crippen LogP contribution in [-0.2, 0) is 0 Å². The molecule has 0 fully saturated rings. The summed E-state index contributed by atoms with van der Waals surface area (Å²) < 4.78 is 0. The van der Waals surface area contributed by atoms with Crippen molar-refractivity contribution in [2.24, 2.45) is 0 Å². The Kier molecular flexibility index (Phi) is 4.12. The van der Waals surface area contributed by atoms with E-state index in [0.29, 0.717) is 11.5 Å². The molecule has 2 rings (SSSR count). The summed E-state index contributed by atoms with van der Waals surface area (Å²) in [4.78, 5) is 28.0. The molecule has 106 valence electrons. The average Bonchev–Trinajstić information content (AvgIpc) is 2.81. The molecule has 2 aromatic heterocycles.